The lowest BCUT2D eigenvalue weighted by molar-refractivity contribution is 0.0174. The molecule has 1 aliphatic carbocycles. The van der Waals surface area contributed by atoms with Crippen LogP contribution in [0.4, 0.5) is 0 Å². The molecule has 1 aliphatic rings. The van der Waals surface area contributed by atoms with E-state index in [1.54, 1.807) is 0 Å². The molecule has 0 amide bonds. The Morgan fingerprint density at radius 2 is 1.72 bits per heavy atom. The highest BCUT2D eigenvalue weighted by molar-refractivity contribution is 5.35. The van der Waals surface area contributed by atoms with Crippen LogP contribution < -0.4 is 0 Å². The van der Waals surface area contributed by atoms with Gasteiger partial charge in [-0.2, -0.15) is 0 Å². The Balaban J connectivity index is 2.30. The van der Waals surface area contributed by atoms with E-state index in [9.17, 15) is 5.11 Å². The molecule has 1 fully saturated rings. The minimum absolute atomic E-state index is 0.378. The van der Waals surface area contributed by atoms with E-state index in [-0.39, 0.29) is 0 Å². The molecule has 0 saturated heterocycles. The molecule has 18 heavy (non-hydrogen) atoms. The van der Waals surface area contributed by atoms with Crippen molar-refractivity contribution in [2.24, 2.45) is 5.41 Å². The summed E-state index contributed by atoms with van der Waals surface area (Å²) in [5.41, 5.74) is 3.42. The minimum Gasteiger partial charge on any atom is -0.385 e. The van der Waals surface area contributed by atoms with Crippen LogP contribution in [0, 0.1) is 19.3 Å². The second-order valence-corrected chi connectivity index (χ2v) is 6.87. The zero-order valence-corrected chi connectivity index (χ0v) is 12.2. The molecule has 0 aromatic heterocycles. The summed E-state index contributed by atoms with van der Waals surface area (Å²) in [7, 11) is 0. The van der Waals surface area contributed by atoms with Gasteiger partial charge >= 0.3 is 0 Å². The molecule has 1 aromatic carbocycles. The molecule has 1 atom stereocenters. The molecule has 1 aromatic rings. The van der Waals surface area contributed by atoms with Crippen molar-refractivity contribution < 1.29 is 5.11 Å². The van der Waals surface area contributed by atoms with Gasteiger partial charge in [-0.1, -0.05) is 37.6 Å². The van der Waals surface area contributed by atoms with Crippen molar-refractivity contribution in [3.63, 3.8) is 0 Å². The minimum atomic E-state index is -0.606. The molecule has 0 radical (unpaired) electrons. The zero-order valence-electron chi connectivity index (χ0n) is 12.2. The fraction of sp³-hybridized carbons (Fsp3) is 0.647. The van der Waals surface area contributed by atoms with E-state index in [4.69, 9.17) is 0 Å². The van der Waals surface area contributed by atoms with Crippen LogP contribution in [0.5, 0.6) is 0 Å². The maximum Gasteiger partial charge on any atom is 0.0899 e. The first-order chi connectivity index (χ1) is 8.32. The van der Waals surface area contributed by atoms with Crippen LogP contribution >= 0.6 is 0 Å². The Hall–Kier alpha value is -0.820. The zero-order chi connectivity index (χ0) is 13.4. The standard InChI is InChI=1S/C17H26O/c1-13-6-7-15(14(2)12-13)17(18)9-5-8-16(3,4)10-11-17/h6-7,12,18H,5,8-11H2,1-4H3. The molecule has 2 rings (SSSR count). The van der Waals surface area contributed by atoms with Gasteiger partial charge in [0, 0.05) is 0 Å². The monoisotopic (exact) mass is 246 g/mol. The summed E-state index contributed by atoms with van der Waals surface area (Å²) in [5, 5.41) is 11.0. The number of hydrogen-bond donors (Lipinski definition) is 1. The van der Waals surface area contributed by atoms with Gasteiger partial charge in [-0.05, 0) is 62.5 Å². The van der Waals surface area contributed by atoms with Crippen molar-refractivity contribution in [3.05, 3.63) is 34.9 Å². The molecule has 0 bridgehead atoms. The van der Waals surface area contributed by atoms with Gasteiger partial charge in [-0.25, -0.2) is 0 Å². The van der Waals surface area contributed by atoms with Gasteiger partial charge in [-0.3, -0.25) is 0 Å². The highest BCUT2D eigenvalue weighted by Crippen LogP contribution is 2.43. The molecule has 0 spiro atoms. The van der Waals surface area contributed by atoms with Gasteiger partial charge in [0.1, 0.15) is 0 Å². The number of benzene rings is 1. The molecule has 0 heterocycles. The normalized spacial score (nSPS) is 27.8. The van der Waals surface area contributed by atoms with Crippen molar-refractivity contribution in [2.45, 2.75) is 65.4 Å². The van der Waals surface area contributed by atoms with E-state index in [1.807, 2.05) is 0 Å². The lowest BCUT2D eigenvalue weighted by Gasteiger charge is -2.30. The highest BCUT2D eigenvalue weighted by atomic mass is 16.3. The largest absolute Gasteiger partial charge is 0.385 e. The van der Waals surface area contributed by atoms with E-state index in [2.05, 4.69) is 45.9 Å². The summed E-state index contributed by atoms with van der Waals surface area (Å²) >= 11 is 0. The lowest BCUT2D eigenvalue weighted by atomic mass is 9.81. The molecule has 1 heteroatoms. The molecule has 1 saturated carbocycles. The second-order valence-electron chi connectivity index (χ2n) is 6.87. The Kier molecular flexibility index (Phi) is 3.55. The highest BCUT2D eigenvalue weighted by Gasteiger charge is 2.35. The summed E-state index contributed by atoms with van der Waals surface area (Å²) in [5.74, 6) is 0. The predicted octanol–water partition coefficient (Wildman–Crippen LogP) is 4.48. The van der Waals surface area contributed by atoms with Crippen LogP contribution in [0.2, 0.25) is 0 Å². The summed E-state index contributed by atoms with van der Waals surface area (Å²) < 4.78 is 0. The average Bonchev–Trinajstić information content (AvgIpc) is 2.39. The summed E-state index contributed by atoms with van der Waals surface area (Å²) in [6, 6.07) is 6.43. The molecular formula is C17H26O. The molecule has 1 N–H and O–H groups in total. The predicted molar refractivity (Wildman–Crippen MR) is 76.7 cm³/mol. The third kappa shape index (κ3) is 2.77. The molecule has 1 unspecified atom stereocenters. The van der Waals surface area contributed by atoms with Gasteiger partial charge in [0.2, 0.25) is 0 Å². The van der Waals surface area contributed by atoms with Gasteiger partial charge in [0.15, 0.2) is 0 Å². The molecular weight excluding hydrogens is 220 g/mol. The van der Waals surface area contributed by atoms with Crippen LogP contribution in [-0.4, -0.2) is 5.11 Å². The van der Waals surface area contributed by atoms with Gasteiger partial charge in [-0.15, -0.1) is 0 Å². The van der Waals surface area contributed by atoms with Crippen LogP contribution in [-0.2, 0) is 5.60 Å². The van der Waals surface area contributed by atoms with Crippen LogP contribution in [0.25, 0.3) is 0 Å². The second kappa shape index (κ2) is 4.70. The topological polar surface area (TPSA) is 20.2 Å². The van der Waals surface area contributed by atoms with Crippen LogP contribution in [0.3, 0.4) is 0 Å². The maximum atomic E-state index is 11.0. The average molecular weight is 246 g/mol. The van der Waals surface area contributed by atoms with Crippen LogP contribution in [0.1, 0.15) is 62.6 Å². The van der Waals surface area contributed by atoms with Crippen molar-refractivity contribution in [2.75, 3.05) is 0 Å². The van der Waals surface area contributed by atoms with Gasteiger partial charge < -0.3 is 5.11 Å². The van der Waals surface area contributed by atoms with Gasteiger partial charge in [0.05, 0.1) is 5.60 Å². The Morgan fingerprint density at radius 1 is 1.00 bits per heavy atom. The summed E-state index contributed by atoms with van der Waals surface area (Å²) in [4.78, 5) is 0. The van der Waals surface area contributed by atoms with Gasteiger partial charge in [0.25, 0.3) is 0 Å². The summed E-state index contributed by atoms with van der Waals surface area (Å²) in [6.45, 7) is 8.87. The fourth-order valence-corrected chi connectivity index (χ4v) is 3.26. The number of aliphatic hydroxyl groups is 1. The van der Waals surface area contributed by atoms with Crippen molar-refractivity contribution in [1.29, 1.82) is 0 Å². The van der Waals surface area contributed by atoms with E-state index in [0.29, 0.717) is 5.41 Å². The first-order valence-corrected chi connectivity index (χ1v) is 7.13. The van der Waals surface area contributed by atoms with E-state index in [1.165, 1.54) is 17.5 Å². The van der Waals surface area contributed by atoms with Crippen molar-refractivity contribution >= 4 is 0 Å². The first kappa shape index (κ1) is 13.6. The van der Waals surface area contributed by atoms with Crippen molar-refractivity contribution in [1.82, 2.24) is 0 Å². The Labute approximate surface area is 111 Å². The SMILES string of the molecule is Cc1ccc(C2(O)CCCC(C)(C)CC2)c(C)c1. The molecule has 0 aliphatic heterocycles. The van der Waals surface area contributed by atoms with Crippen molar-refractivity contribution in [3.8, 4) is 0 Å². The number of hydrogen-bond acceptors (Lipinski definition) is 1. The molecule has 1 nitrogen and oxygen atoms in total. The molecule has 100 valence electrons. The van der Waals surface area contributed by atoms with E-state index in [0.717, 1.165) is 31.2 Å². The fourth-order valence-electron chi connectivity index (χ4n) is 3.26. The Bertz CT molecular complexity index is 433. The third-order valence-electron chi connectivity index (χ3n) is 4.54. The smallest absolute Gasteiger partial charge is 0.0899 e. The van der Waals surface area contributed by atoms with E-state index >= 15 is 0 Å². The number of aryl methyl sites for hydroxylation is 2. The number of rotatable bonds is 1. The van der Waals surface area contributed by atoms with Crippen LogP contribution in [0.15, 0.2) is 18.2 Å². The quantitative estimate of drug-likeness (QED) is 0.724. The Morgan fingerprint density at radius 3 is 2.39 bits per heavy atom. The summed E-state index contributed by atoms with van der Waals surface area (Å²) in [6.07, 6.45) is 5.25. The first-order valence-electron chi connectivity index (χ1n) is 7.13. The third-order valence-corrected chi connectivity index (χ3v) is 4.54. The van der Waals surface area contributed by atoms with E-state index < -0.39 is 5.60 Å². The maximum absolute atomic E-state index is 11.0. The lowest BCUT2D eigenvalue weighted by Crippen LogP contribution is -2.26.